The van der Waals surface area contributed by atoms with Crippen molar-refractivity contribution in [1.82, 2.24) is 10.2 Å². The van der Waals surface area contributed by atoms with Crippen LogP contribution in [0.15, 0.2) is 54.6 Å². The zero-order valence-electron chi connectivity index (χ0n) is 19.1. The van der Waals surface area contributed by atoms with Gasteiger partial charge in [0, 0.05) is 26.1 Å². The van der Waals surface area contributed by atoms with E-state index in [1.807, 2.05) is 30.3 Å². The summed E-state index contributed by atoms with van der Waals surface area (Å²) in [6.45, 7) is 6.85. The van der Waals surface area contributed by atoms with E-state index >= 15 is 0 Å². The van der Waals surface area contributed by atoms with Crippen molar-refractivity contribution in [2.24, 2.45) is 0 Å². The molecule has 1 N–H and O–H groups in total. The second kappa shape index (κ2) is 12.4. The van der Waals surface area contributed by atoms with Crippen LogP contribution in [0, 0.1) is 0 Å². The molecule has 172 valence electrons. The molecule has 1 amide bonds. The molecule has 2 atom stereocenters. The summed E-state index contributed by atoms with van der Waals surface area (Å²) < 4.78 is 11.6. The molecular weight excluding hydrogens is 404 g/mol. The van der Waals surface area contributed by atoms with Crippen molar-refractivity contribution in [1.29, 1.82) is 0 Å². The lowest BCUT2D eigenvalue weighted by Crippen LogP contribution is -2.53. The summed E-state index contributed by atoms with van der Waals surface area (Å²) in [5.41, 5.74) is 2.36. The van der Waals surface area contributed by atoms with Gasteiger partial charge in [-0.05, 0) is 43.0 Å². The van der Waals surface area contributed by atoms with Crippen molar-refractivity contribution in [3.05, 3.63) is 65.7 Å². The highest BCUT2D eigenvalue weighted by atomic mass is 16.5. The summed E-state index contributed by atoms with van der Waals surface area (Å²) in [4.78, 5) is 26.0. The van der Waals surface area contributed by atoms with E-state index < -0.39 is 0 Å². The Morgan fingerprint density at radius 3 is 2.56 bits per heavy atom. The Bertz CT molecular complexity index is 854. The number of nitrogens with one attached hydrogen (secondary N) is 1. The van der Waals surface area contributed by atoms with Crippen LogP contribution >= 0.6 is 0 Å². The highest BCUT2D eigenvalue weighted by Crippen LogP contribution is 2.16. The molecule has 0 aromatic heterocycles. The van der Waals surface area contributed by atoms with E-state index in [1.165, 1.54) is 5.56 Å². The maximum absolute atomic E-state index is 12.5. The molecule has 2 aromatic carbocycles. The Morgan fingerprint density at radius 2 is 1.88 bits per heavy atom. The zero-order chi connectivity index (χ0) is 22.8. The minimum atomic E-state index is -0.152. The Hall–Kier alpha value is -2.70. The Kier molecular flexibility index (Phi) is 9.26. The quantitative estimate of drug-likeness (QED) is 0.583. The molecule has 3 rings (SSSR count). The fraction of sp³-hybridized carbons (Fsp3) is 0.462. The van der Waals surface area contributed by atoms with Gasteiger partial charge in [0.25, 0.3) is 5.91 Å². The molecule has 1 aliphatic heterocycles. The smallest absolute Gasteiger partial charge is 0.258 e. The second-order valence-electron chi connectivity index (χ2n) is 8.35. The molecule has 0 radical (unpaired) electrons. The van der Waals surface area contributed by atoms with Crippen LogP contribution in [-0.4, -0.2) is 55.0 Å². The zero-order valence-corrected chi connectivity index (χ0v) is 19.1. The van der Waals surface area contributed by atoms with E-state index in [-0.39, 0.29) is 30.4 Å². The first-order valence-corrected chi connectivity index (χ1v) is 11.4. The van der Waals surface area contributed by atoms with E-state index in [1.54, 1.807) is 6.92 Å². The first-order valence-electron chi connectivity index (χ1n) is 11.4. The lowest BCUT2D eigenvalue weighted by Gasteiger charge is -2.37. The average molecular weight is 439 g/mol. The second-order valence-corrected chi connectivity index (χ2v) is 8.35. The number of carbonyl (C=O) groups excluding carboxylic acids is 2. The summed E-state index contributed by atoms with van der Waals surface area (Å²) in [7, 11) is 0. The van der Waals surface area contributed by atoms with Crippen molar-refractivity contribution in [2.75, 3.05) is 26.3 Å². The number of rotatable bonds is 11. The molecule has 0 unspecified atom stereocenters. The van der Waals surface area contributed by atoms with Gasteiger partial charge in [-0.1, -0.05) is 49.4 Å². The number of benzene rings is 2. The highest BCUT2D eigenvalue weighted by Gasteiger charge is 2.28. The fourth-order valence-corrected chi connectivity index (χ4v) is 3.89. The van der Waals surface area contributed by atoms with Crippen LogP contribution in [0.3, 0.4) is 0 Å². The Balaban J connectivity index is 1.45. The van der Waals surface area contributed by atoms with Crippen LogP contribution in [0.2, 0.25) is 0 Å². The van der Waals surface area contributed by atoms with Crippen molar-refractivity contribution in [3.8, 4) is 5.75 Å². The van der Waals surface area contributed by atoms with E-state index in [0.29, 0.717) is 18.8 Å². The molecule has 1 saturated heterocycles. The molecule has 0 saturated carbocycles. The van der Waals surface area contributed by atoms with Crippen molar-refractivity contribution >= 4 is 11.7 Å². The largest absolute Gasteiger partial charge is 0.484 e. The Morgan fingerprint density at radius 1 is 1.12 bits per heavy atom. The van der Waals surface area contributed by atoms with Crippen LogP contribution in [0.25, 0.3) is 0 Å². The maximum atomic E-state index is 12.5. The predicted molar refractivity (Wildman–Crippen MR) is 125 cm³/mol. The Labute approximate surface area is 190 Å². The third-order valence-electron chi connectivity index (χ3n) is 5.72. The monoisotopic (exact) mass is 438 g/mol. The number of nitrogens with zero attached hydrogens (tertiary/aromatic N) is 1. The molecule has 1 fully saturated rings. The fourth-order valence-electron chi connectivity index (χ4n) is 3.89. The number of aryl methyl sites for hydroxylation is 1. The van der Waals surface area contributed by atoms with E-state index in [0.717, 1.165) is 38.0 Å². The average Bonchev–Trinajstić information content (AvgIpc) is 2.81. The molecule has 6 nitrogen and oxygen atoms in total. The third-order valence-corrected chi connectivity index (χ3v) is 5.72. The molecule has 0 aliphatic carbocycles. The van der Waals surface area contributed by atoms with Crippen LogP contribution in [-0.2, 0) is 27.3 Å². The number of ether oxygens (including phenoxy) is 2. The number of amides is 1. The van der Waals surface area contributed by atoms with E-state index in [4.69, 9.17) is 9.47 Å². The van der Waals surface area contributed by atoms with Crippen LogP contribution in [0.1, 0.15) is 37.8 Å². The number of carbonyl (C=O) groups is 2. The van der Waals surface area contributed by atoms with Crippen molar-refractivity contribution in [3.63, 3.8) is 0 Å². The normalized spacial score (nSPS) is 17.5. The lowest BCUT2D eigenvalue weighted by molar-refractivity contribution is -0.126. The van der Waals surface area contributed by atoms with Gasteiger partial charge >= 0.3 is 0 Å². The molecule has 6 heteroatoms. The molecule has 32 heavy (non-hydrogen) atoms. The standard InChI is InChI=1S/C26H34N2O4/c1-3-24(25-18-28(15-16-31-25)17-22-7-5-4-6-8-22)27-26(30)19-32-23-13-11-21(12-14-23)10-9-20(2)29/h4-8,11-14,24-25H,3,9-10,15-19H2,1-2H3,(H,27,30)/t24-,25+/m0/s1. The van der Waals surface area contributed by atoms with Gasteiger partial charge in [0.1, 0.15) is 11.5 Å². The van der Waals surface area contributed by atoms with Gasteiger partial charge in [0.15, 0.2) is 6.61 Å². The topological polar surface area (TPSA) is 67.9 Å². The summed E-state index contributed by atoms with van der Waals surface area (Å²) in [5, 5.41) is 3.08. The SMILES string of the molecule is CC[C@H](NC(=O)COc1ccc(CCC(C)=O)cc1)[C@H]1CN(Cc2ccccc2)CCO1. The van der Waals surface area contributed by atoms with Crippen LogP contribution < -0.4 is 10.1 Å². The predicted octanol–water partition coefficient (Wildman–Crippen LogP) is 3.38. The van der Waals surface area contributed by atoms with Gasteiger partial charge in [-0.15, -0.1) is 0 Å². The van der Waals surface area contributed by atoms with Gasteiger partial charge in [0.05, 0.1) is 18.8 Å². The number of hydrogen-bond donors (Lipinski definition) is 1. The summed E-state index contributed by atoms with van der Waals surface area (Å²) in [6.07, 6.45) is 2.01. The maximum Gasteiger partial charge on any atom is 0.258 e. The van der Waals surface area contributed by atoms with Crippen molar-refractivity contribution < 1.29 is 19.1 Å². The first kappa shape index (κ1) is 24.0. The molecular formula is C26H34N2O4. The lowest BCUT2D eigenvalue weighted by atomic mass is 10.1. The highest BCUT2D eigenvalue weighted by molar-refractivity contribution is 5.78. The first-order chi connectivity index (χ1) is 15.5. The minimum Gasteiger partial charge on any atom is -0.484 e. The summed E-state index contributed by atoms with van der Waals surface area (Å²) in [5.74, 6) is 0.668. The van der Waals surface area contributed by atoms with Gasteiger partial charge in [-0.3, -0.25) is 9.69 Å². The van der Waals surface area contributed by atoms with Crippen molar-refractivity contribution in [2.45, 2.75) is 51.8 Å². The molecule has 0 spiro atoms. The summed E-state index contributed by atoms with van der Waals surface area (Å²) >= 11 is 0. The van der Waals surface area contributed by atoms with E-state index in [9.17, 15) is 9.59 Å². The summed E-state index contributed by atoms with van der Waals surface area (Å²) in [6, 6.07) is 17.9. The van der Waals surface area contributed by atoms with Gasteiger partial charge in [-0.2, -0.15) is 0 Å². The molecule has 1 aliphatic rings. The van der Waals surface area contributed by atoms with Crippen LogP contribution in [0.5, 0.6) is 5.75 Å². The molecule has 0 bridgehead atoms. The van der Waals surface area contributed by atoms with Gasteiger partial charge < -0.3 is 19.6 Å². The number of Topliss-reactive ketones (excluding diaryl/α,β-unsaturated/α-hetero) is 1. The molecule has 1 heterocycles. The number of hydrogen-bond acceptors (Lipinski definition) is 5. The third kappa shape index (κ3) is 7.77. The number of morpholine rings is 1. The molecule has 2 aromatic rings. The van der Waals surface area contributed by atoms with Crippen LogP contribution in [0.4, 0.5) is 0 Å². The minimum absolute atomic E-state index is 0.0380. The number of ketones is 1. The van der Waals surface area contributed by atoms with Gasteiger partial charge in [0.2, 0.25) is 0 Å². The van der Waals surface area contributed by atoms with E-state index in [2.05, 4.69) is 41.4 Å². The van der Waals surface area contributed by atoms with Gasteiger partial charge in [-0.25, -0.2) is 0 Å².